The lowest BCUT2D eigenvalue weighted by atomic mass is 10.3. The summed E-state index contributed by atoms with van der Waals surface area (Å²) < 4.78 is 7.16. The van der Waals surface area contributed by atoms with E-state index in [1.807, 2.05) is 12.1 Å². The first-order valence-corrected chi connectivity index (χ1v) is 7.25. The summed E-state index contributed by atoms with van der Waals surface area (Å²) in [6.45, 7) is 0.887. The van der Waals surface area contributed by atoms with Crippen LogP contribution in [-0.4, -0.2) is 24.6 Å². The molecule has 1 heterocycles. The van der Waals surface area contributed by atoms with E-state index in [1.54, 1.807) is 18.9 Å². The average molecular weight is 366 g/mol. The van der Waals surface area contributed by atoms with E-state index < -0.39 is 0 Å². The molecule has 6 heteroatoms. The van der Waals surface area contributed by atoms with Gasteiger partial charge in [-0.2, -0.15) is 0 Å². The van der Waals surface area contributed by atoms with Gasteiger partial charge in [0.25, 0.3) is 0 Å². The molecule has 0 spiro atoms. The molecule has 1 aliphatic heterocycles. The van der Waals surface area contributed by atoms with E-state index >= 15 is 0 Å². The van der Waals surface area contributed by atoms with Crippen molar-refractivity contribution in [3.63, 3.8) is 0 Å². The van der Waals surface area contributed by atoms with Gasteiger partial charge in [-0.25, -0.2) is 0 Å². The summed E-state index contributed by atoms with van der Waals surface area (Å²) in [6, 6.07) is 3.90. The first-order chi connectivity index (χ1) is 7.70. The molecule has 0 saturated carbocycles. The Morgan fingerprint density at radius 3 is 2.81 bits per heavy atom. The maximum Gasteiger partial charge on any atom is 0.161 e. The Morgan fingerprint density at radius 2 is 2.19 bits per heavy atom. The standard InChI is InChI=1S/C10H10Br2N2OS/c1-15-9-5-8(6(11)4-7(9)12)14-10-13-2-3-16-10/h4-5H,2-3H2,1H3,(H,13,14). The van der Waals surface area contributed by atoms with Crippen LogP contribution in [0.25, 0.3) is 0 Å². The van der Waals surface area contributed by atoms with E-state index in [9.17, 15) is 0 Å². The highest BCUT2D eigenvalue weighted by atomic mass is 79.9. The van der Waals surface area contributed by atoms with Crippen molar-refractivity contribution >= 4 is 54.5 Å². The van der Waals surface area contributed by atoms with Gasteiger partial charge in [-0.1, -0.05) is 11.8 Å². The van der Waals surface area contributed by atoms with E-state index in [4.69, 9.17) is 4.74 Å². The lowest BCUT2D eigenvalue weighted by Gasteiger charge is -2.11. The van der Waals surface area contributed by atoms with E-state index in [1.165, 1.54) is 0 Å². The van der Waals surface area contributed by atoms with Crippen molar-refractivity contribution < 1.29 is 4.74 Å². The maximum absolute atomic E-state index is 5.25. The van der Waals surface area contributed by atoms with Crippen molar-refractivity contribution in [2.45, 2.75) is 0 Å². The number of nitrogens with zero attached hydrogens (tertiary/aromatic N) is 1. The molecule has 0 amide bonds. The molecule has 86 valence electrons. The van der Waals surface area contributed by atoms with E-state index in [2.05, 4.69) is 42.2 Å². The number of aliphatic imine (C=N–C) groups is 1. The van der Waals surface area contributed by atoms with Gasteiger partial charge in [-0.05, 0) is 37.9 Å². The zero-order valence-corrected chi connectivity index (χ0v) is 12.6. The summed E-state index contributed by atoms with van der Waals surface area (Å²) in [4.78, 5) is 4.35. The van der Waals surface area contributed by atoms with Gasteiger partial charge in [0.2, 0.25) is 0 Å². The number of benzene rings is 1. The molecule has 1 N–H and O–H groups in total. The fraction of sp³-hybridized carbons (Fsp3) is 0.300. The fourth-order valence-corrected chi connectivity index (χ4v) is 3.30. The average Bonchev–Trinajstić information content (AvgIpc) is 2.75. The molecule has 1 aliphatic rings. The van der Waals surface area contributed by atoms with Crippen LogP contribution < -0.4 is 10.1 Å². The smallest absolute Gasteiger partial charge is 0.161 e. The van der Waals surface area contributed by atoms with Crippen LogP contribution in [0.3, 0.4) is 0 Å². The first kappa shape index (κ1) is 12.3. The van der Waals surface area contributed by atoms with Crippen LogP contribution in [0.4, 0.5) is 5.69 Å². The zero-order chi connectivity index (χ0) is 11.5. The van der Waals surface area contributed by atoms with Crippen molar-refractivity contribution in [2.24, 2.45) is 4.99 Å². The van der Waals surface area contributed by atoms with Crippen molar-refractivity contribution in [2.75, 3.05) is 24.7 Å². The zero-order valence-electron chi connectivity index (χ0n) is 8.59. The second kappa shape index (κ2) is 5.42. The Morgan fingerprint density at radius 1 is 1.38 bits per heavy atom. The molecule has 0 aromatic heterocycles. The number of anilines is 1. The molecule has 0 saturated heterocycles. The number of amidine groups is 1. The molecule has 1 aromatic carbocycles. The number of halogens is 2. The minimum absolute atomic E-state index is 0.800. The SMILES string of the molecule is COc1cc(NC2=NCCS2)c(Br)cc1Br. The predicted molar refractivity (Wildman–Crippen MR) is 76.8 cm³/mol. The van der Waals surface area contributed by atoms with Gasteiger partial charge in [-0.3, -0.25) is 4.99 Å². The summed E-state index contributed by atoms with van der Waals surface area (Å²) in [5.41, 5.74) is 0.966. The minimum Gasteiger partial charge on any atom is -0.495 e. The molecule has 0 bridgehead atoms. The molecule has 0 unspecified atom stereocenters. The highest BCUT2D eigenvalue weighted by molar-refractivity contribution is 9.11. The molecule has 16 heavy (non-hydrogen) atoms. The Labute approximate surface area is 115 Å². The topological polar surface area (TPSA) is 33.6 Å². The molecule has 0 fully saturated rings. The third kappa shape index (κ3) is 2.73. The Hall–Kier alpha value is -0.200. The maximum atomic E-state index is 5.25. The largest absolute Gasteiger partial charge is 0.495 e. The van der Waals surface area contributed by atoms with E-state index in [-0.39, 0.29) is 0 Å². The third-order valence-corrected chi connectivity index (χ3v) is 4.24. The van der Waals surface area contributed by atoms with Crippen LogP contribution in [-0.2, 0) is 0 Å². The van der Waals surface area contributed by atoms with Gasteiger partial charge < -0.3 is 10.1 Å². The molecule has 0 aliphatic carbocycles. The van der Waals surface area contributed by atoms with Gasteiger partial charge in [0.15, 0.2) is 5.17 Å². The van der Waals surface area contributed by atoms with Gasteiger partial charge in [0, 0.05) is 16.3 Å². The summed E-state index contributed by atoms with van der Waals surface area (Å²) in [5, 5.41) is 4.24. The Bertz CT molecular complexity index is 437. The monoisotopic (exact) mass is 364 g/mol. The quantitative estimate of drug-likeness (QED) is 0.866. The number of rotatable bonds is 2. The summed E-state index contributed by atoms with van der Waals surface area (Å²) >= 11 is 8.67. The number of hydrogen-bond acceptors (Lipinski definition) is 4. The van der Waals surface area contributed by atoms with Crippen molar-refractivity contribution in [3.05, 3.63) is 21.1 Å². The Kier molecular flexibility index (Phi) is 4.16. The van der Waals surface area contributed by atoms with Gasteiger partial charge in [0.05, 0.1) is 23.8 Å². The third-order valence-electron chi connectivity index (χ3n) is 2.07. The van der Waals surface area contributed by atoms with Crippen LogP contribution in [0.5, 0.6) is 5.75 Å². The van der Waals surface area contributed by atoms with Gasteiger partial charge in [0.1, 0.15) is 5.75 Å². The van der Waals surface area contributed by atoms with Crippen molar-refractivity contribution in [3.8, 4) is 5.75 Å². The summed E-state index contributed by atoms with van der Waals surface area (Å²) in [5.74, 6) is 1.85. The van der Waals surface area contributed by atoms with E-state index in [0.717, 1.165) is 37.8 Å². The predicted octanol–water partition coefficient (Wildman–Crippen LogP) is 3.73. The lowest BCUT2D eigenvalue weighted by Crippen LogP contribution is -2.05. The van der Waals surface area contributed by atoms with E-state index in [0.29, 0.717) is 0 Å². The van der Waals surface area contributed by atoms with Crippen LogP contribution in [0.1, 0.15) is 0 Å². The molecule has 0 atom stereocenters. The fourth-order valence-electron chi connectivity index (χ4n) is 1.31. The molecule has 0 radical (unpaired) electrons. The molecule has 1 aromatic rings. The normalized spacial score (nSPS) is 14.8. The van der Waals surface area contributed by atoms with Crippen LogP contribution in [0.2, 0.25) is 0 Å². The van der Waals surface area contributed by atoms with Crippen LogP contribution in [0, 0.1) is 0 Å². The lowest BCUT2D eigenvalue weighted by molar-refractivity contribution is 0.412. The second-order valence-electron chi connectivity index (χ2n) is 3.13. The number of ether oxygens (including phenoxy) is 1. The number of methoxy groups -OCH3 is 1. The molecule has 2 rings (SSSR count). The number of hydrogen-bond donors (Lipinski definition) is 1. The second-order valence-corrected chi connectivity index (χ2v) is 5.92. The molecular weight excluding hydrogens is 356 g/mol. The Balaban J connectivity index is 2.25. The minimum atomic E-state index is 0.800. The first-order valence-electron chi connectivity index (χ1n) is 4.68. The highest BCUT2D eigenvalue weighted by Gasteiger charge is 2.11. The van der Waals surface area contributed by atoms with Crippen LogP contribution in [0.15, 0.2) is 26.1 Å². The molecule has 3 nitrogen and oxygen atoms in total. The van der Waals surface area contributed by atoms with Gasteiger partial charge in [-0.15, -0.1) is 0 Å². The van der Waals surface area contributed by atoms with Gasteiger partial charge >= 0.3 is 0 Å². The summed E-state index contributed by atoms with van der Waals surface area (Å²) in [6.07, 6.45) is 0. The number of thioether (sulfide) groups is 1. The molecular formula is C10H10Br2N2OS. The van der Waals surface area contributed by atoms with Crippen LogP contribution >= 0.6 is 43.6 Å². The highest BCUT2D eigenvalue weighted by Crippen LogP contribution is 2.35. The van der Waals surface area contributed by atoms with Crippen molar-refractivity contribution in [1.82, 2.24) is 0 Å². The van der Waals surface area contributed by atoms with Crippen molar-refractivity contribution in [1.29, 1.82) is 0 Å². The summed E-state index contributed by atoms with van der Waals surface area (Å²) in [7, 11) is 1.65. The number of nitrogens with one attached hydrogen (secondary N) is 1.